The van der Waals surface area contributed by atoms with Crippen LogP contribution in [0.3, 0.4) is 0 Å². The number of amides is 2. The number of fused-ring (bicyclic) bond motifs is 1. The molecule has 2 amide bonds. The first-order valence-electron chi connectivity index (χ1n) is 10.2. The molecule has 32 heavy (non-hydrogen) atoms. The Kier molecular flexibility index (Phi) is 5.89. The highest BCUT2D eigenvalue weighted by molar-refractivity contribution is 6.05. The summed E-state index contributed by atoms with van der Waals surface area (Å²) in [5.41, 5.74) is 9.51. The van der Waals surface area contributed by atoms with E-state index in [4.69, 9.17) is 10.5 Å². The summed E-state index contributed by atoms with van der Waals surface area (Å²) in [6, 6.07) is 21.5. The van der Waals surface area contributed by atoms with E-state index in [9.17, 15) is 14.4 Å². The Morgan fingerprint density at radius 1 is 0.969 bits per heavy atom. The van der Waals surface area contributed by atoms with Crippen LogP contribution in [0.15, 0.2) is 72.8 Å². The highest BCUT2D eigenvalue weighted by Gasteiger charge is 2.33. The molecule has 0 aliphatic carbocycles. The molecule has 0 saturated carbocycles. The topological polar surface area (TPSA) is 102 Å². The number of benzene rings is 3. The lowest BCUT2D eigenvalue weighted by molar-refractivity contribution is -0.117. The number of hydrogen-bond donors (Lipinski definition) is 2. The zero-order valence-electron chi connectivity index (χ0n) is 17.6. The van der Waals surface area contributed by atoms with Gasteiger partial charge in [0, 0.05) is 18.5 Å². The Hall–Kier alpha value is -4.13. The van der Waals surface area contributed by atoms with Crippen LogP contribution < -0.4 is 16.0 Å². The molecule has 1 heterocycles. The molecule has 0 saturated heterocycles. The first-order valence-corrected chi connectivity index (χ1v) is 10.2. The second-order valence-electron chi connectivity index (χ2n) is 7.61. The van der Waals surface area contributed by atoms with Crippen molar-refractivity contribution < 1.29 is 19.1 Å². The molecule has 3 aromatic carbocycles. The van der Waals surface area contributed by atoms with Crippen LogP contribution in [0.1, 0.15) is 31.8 Å². The number of nitrogens with two attached hydrogens (primary N) is 1. The molecule has 1 unspecified atom stereocenters. The summed E-state index contributed by atoms with van der Waals surface area (Å²) in [6.45, 7) is 0.440. The highest BCUT2D eigenvalue weighted by Crippen LogP contribution is 2.35. The molecule has 0 spiro atoms. The molecule has 162 valence electrons. The molecule has 3 N–H and O–H groups in total. The van der Waals surface area contributed by atoms with Crippen LogP contribution in [0, 0.1) is 0 Å². The Balaban J connectivity index is 1.70. The lowest BCUT2D eigenvalue weighted by Crippen LogP contribution is -2.49. The third kappa shape index (κ3) is 4.32. The maximum atomic E-state index is 13.1. The maximum absolute atomic E-state index is 13.1. The standard InChI is InChI=1S/C25H23N3O4/c1-32-25(31)18-9-7-17(8-10-18)15-28-21-12-11-19(23(26)29)14-20(21)27-24(30)22(28)13-16-5-3-2-4-6-16/h2-12,14,22H,13,15H2,1H3,(H2,26,29)(H,27,30). The number of esters is 1. The van der Waals surface area contributed by atoms with Gasteiger partial charge in [-0.1, -0.05) is 42.5 Å². The van der Waals surface area contributed by atoms with Crippen LogP contribution in [-0.2, 0) is 22.5 Å². The Bertz CT molecular complexity index is 1160. The van der Waals surface area contributed by atoms with Crippen molar-refractivity contribution in [2.75, 3.05) is 17.3 Å². The molecule has 0 radical (unpaired) electrons. The number of rotatable bonds is 6. The molecule has 0 bridgehead atoms. The van der Waals surface area contributed by atoms with Gasteiger partial charge in [0.05, 0.1) is 24.0 Å². The third-order valence-corrected chi connectivity index (χ3v) is 5.53. The van der Waals surface area contributed by atoms with E-state index in [0.29, 0.717) is 29.8 Å². The van der Waals surface area contributed by atoms with Crippen LogP contribution in [0.4, 0.5) is 11.4 Å². The minimum absolute atomic E-state index is 0.158. The van der Waals surface area contributed by atoms with E-state index in [2.05, 4.69) is 5.32 Å². The van der Waals surface area contributed by atoms with E-state index in [1.807, 2.05) is 47.4 Å². The second kappa shape index (κ2) is 8.93. The molecule has 1 atom stereocenters. The van der Waals surface area contributed by atoms with E-state index < -0.39 is 17.9 Å². The van der Waals surface area contributed by atoms with Crippen molar-refractivity contribution in [3.05, 3.63) is 95.1 Å². The molecule has 0 fully saturated rings. The lowest BCUT2D eigenvalue weighted by Gasteiger charge is -2.38. The van der Waals surface area contributed by atoms with Gasteiger partial charge in [-0.15, -0.1) is 0 Å². The van der Waals surface area contributed by atoms with Crippen LogP contribution in [0.25, 0.3) is 0 Å². The lowest BCUT2D eigenvalue weighted by atomic mass is 9.98. The van der Waals surface area contributed by atoms with Gasteiger partial charge < -0.3 is 20.7 Å². The first kappa shape index (κ1) is 21.1. The number of carbonyl (C=O) groups excluding carboxylic acids is 3. The Labute approximate surface area is 185 Å². The van der Waals surface area contributed by atoms with Crippen LogP contribution in [-0.4, -0.2) is 30.9 Å². The third-order valence-electron chi connectivity index (χ3n) is 5.53. The predicted octanol–water partition coefficient (Wildman–Crippen LogP) is 3.14. The van der Waals surface area contributed by atoms with Gasteiger partial charge in [-0.2, -0.15) is 0 Å². The number of anilines is 2. The number of primary amides is 1. The molecule has 1 aliphatic rings. The highest BCUT2D eigenvalue weighted by atomic mass is 16.5. The quantitative estimate of drug-likeness (QED) is 0.586. The minimum Gasteiger partial charge on any atom is -0.465 e. The summed E-state index contributed by atoms with van der Waals surface area (Å²) >= 11 is 0. The molecule has 7 heteroatoms. The van der Waals surface area contributed by atoms with Gasteiger partial charge in [0.2, 0.25) is 11.8 Å². The van der Waals surface area contributed by atoms with Gasteiger partial charge in [0.1, 0.15) is 6.04 Å². The van der Waals surface area contributed by atoms with Crippen molar-refractivity contribution in [1.29, 1.82) is 0 Å². The average Bonchev–Trinajstić information content (AvgIpc) is 2.81. The van der Waals surface area contributed by atoms with Gasteiger partial charge in [-0.05, 0) is 41.5 Å². The van der Waals surface area contributed by atoms with Gasteiger partial charge in [-0.25, -0.2) is 4.79 Å². The molecule has 4 rings (SSSR count). The number of hydrogen-bond acceptors (Lipinski definition) is 5. The average molecular weight is 429 g/mol. The van der Waals surface area contributed by atoms with Crippen molar-refractivity contribution in [3.63, 3.8) is 0 Å². The van der Waals surface area contributed by atoms with E-state index in [-0.39, 0.29) is 5.91 Å². The normalized spacial score (nSPS) is 15.0. The van der Waals surface area contributed by atoms with Crippen molar-refractivity contribution in [1.82, 2.24) is 0 Å². The number of carbonyl (C=O) groups is 3. The van der Waals surface area contributed by atoms with Crippen LogP contribution >= 0.6 is 0 Å². The fraction of sp³-hybridized carbons (Fsp3) is 0.160. The molecular formula is C25H23N3O4. The summed E-state index contributed by atoms with van der Waals surface area (Å²) < 4.78 is 4.76. The SMILES string of the molecule is COC(=O)c1ccc(CN2c3ccc(C(N)=O)cc3NC(=O)C2Cc2ccccc2)cc1. The minimum atomic E-state index is -0.557. The van der Waals surface area contributed by atoms with Gasteiger partial charge in [0.15, 0.2) is 0 Å². The fourth-order valence-corrected chi connectivity index (χ4v) is 3.86. The number of ether oxygens (including phenoxy) is 1. The van der Waals surface area contributed by atoms with Gasteiger partial charge in [0.25, 0.3) is 0 Å². The molecular weight excluding hydrogens is 406 g/mol. The fourth-order valence-electron chi connectivity index (χ4n) is 3.86. The zero-order valence-corrected chi connectivity index (χ0v) is 17.6. The van der Waals surface area contributed by atoms with Gasteiger partial charge in [-0.3, -0.25) is 9.59 Å². The van der Waals surface area contributed by atoms with Crippen molar-refractivity contribution in [2.45, 2.75) is 19.0 Å². The number of methoxy groups -OCH3 is 1. The zero-order chi connectivity index (χ0) is 22.7. The number of nitrogens with zero attached hydrogens (tertiary/aromatic N) is 1. The largest absolute Gasteiger partial charge is 0.465 e. The summed E-state index contributed by atoms with van der Waals surface area (Å²) in [5, 5.41) is 2.92. The second-order valence-corrected chi connectivity index (χ2v) is 7.61. The summed E-state index contributed by atoms with van der Waals surface area (Å²) in [7, 11) is 1.34. The van der Waals surface area contributed by atoms with E-state index in [1.165, 1.54) is 7.11 Å². The molecule has 3 aromatic rings. The predicted molar refractivity (Wildman–Crippen MR) is 121 cm³/mol. The summed E-state index contributed by atoms with van der Waals surface area (Å²) in [5.74, 6) is -1.12. The first-order chi connectivity index (χ1) is 15.5. The van der Waals surface area contributed by atoms with Gasteiger partial charge >= 0.3 is 5.97 Å². The van der Waals surface area contributed by atoms with E-state index in [0.717, 1.165) is 16.8 Å². The molecule has 1 aliphatic heterocycles. The Morgan fingerprint density at radius 3 is 2.31 bits per heavy atom. The monoisotopic (exact) mass is 429 g/mol. The molecule has 7 nitrogen and oxygen atoms in total. The van der Waals surface area contributed by atoms with Crippen molar-refractivity contribution in [2.24, 2.45) is 5.73 Å². The number of nitrogens with one attached hydrogen (secondary N) is 1. The smallest absolute Gasteiger partial charge is 0.337 e. The van der Waals surface area contributed by atoms with E-state index in [1.54, 1.807) is 30.3 Å². The van der Waals surface area contributed by atoms with Crippen molar-refractivity contribution >= 4 is 29.2 Å². The van der Waals surface area contributed by atoms with E-state index >= 15 is 0 Å². The Morgan fingerprint density at radius 2 is 1.66 bits per heavy atom. The summed E-state index contributed by atoms with van der Waals surface area (Å²) in [6.07, 6.45) is 0.518. The molecule has 0 aromatic heterocycles. The van der Waals surface area contributed by atoms with Crippen LogP contribution in [0.2, 0.25) is 0 Å². The van der Waals surface area contributed by atoms with Crippen LogP contribution in [0.5, 0.6) is 0 Å². The maximum Gasteiger partial charge on any atom is 0.337 e. The van der Waals surface area contributed by atoms with Crippen molar-refractivity contribution in [3.8, 4) is 0 Å². The summed E-state index contributed by atoms with van der Waals surface area (Å²) in [4.78, 5) is 38.5.